The molecular formula is C13H12FN3O2. The first-order chi connectivity index (χ1) is 8.99. The third-order valence-electron chi connectivity index (χ3n) is 2.55. The maximum absolute atomic E-state index is 13.5. The van der Waals surface area contributed by atoms with Crippen LogP contribution in [-0.2, 0) is 0 Å². The molecule has 0 aliphatic heterocycles. The Morgan fingerprint density at radius 3 is 2.84 bits per heavy atom. The molecule has 1 amide bonds. The van der Waals surface area contributed by atoms with Gasteiger partial charge in [0.2, 0.25) is 0 Å². The molecule has 0 saturated heterocycles. The Kier molecular flexibility index (Phi) is 3.33. The number of carbonyl (C=O) groups is 1. The molecular weight excluding hydrogens is 249 g/mol. The summed E-state index contributed by atoms with van der Waals surface area (Å²) in [5, 5.41) is 11.9. The number of hydrogen-bond acceptors (Lipinski definition) is 4. The second kappa shape index (κ2) is 4.93. The number of aryl methyl sites for hydroxylation is 1. The molecule has 0 bridgehead atoms. The van der Waals surface area contributed by atoms with E-state index in [0.717, 1.165) is 6.07 Å². The van der Waals surface area contributed by atoms with E-state index >= 15 is 0 Å². The summed E-state index contributed by atoms with van der Waals surface area (Å²) in [6.45, 7) is 1.71. The van der Waals surface area contributed by atoms with Gasteiger partial charge >= 0.3 is 0 Å². The second-order valence-corrected chi connectivity index (χ2v) is 4.02. The topological polar surface area (TPSA) is 88.2 Å². The van der Waals surface area contributed by atoms with Crippen LogP contribution in [0, 0.1) is 12.7 Å². The molecule has 0 unspecified atom stereocenters. The lowest BCUT2D eigenvalue weighted by molar-refractivity contribution is 0.102. The molecule has 0 aliphatic carbocycles. The van der Waals surface area contributed by atoms with Crippen molar-refractivity contribution < 1.29 is 14.3 Å². The number of anilines is 2. The van der Waals surface area contributed by atoms with Crippen LogP contribution in [0.4, 0.5) is 15.9 Å². The van der Waals surface area contributed by atoms with Crippen LogP contribution in [0.3, 0.4) is 0 Å². The number of pyridine rings is 1. The van der Waals surface area contributed by atoms with Gasteiger partial charge in [-0.05, 0) is 30.7 Å². The van der Waals surface area contributed by atoms with Crippen molar-refractivity contribution in [1.82, 2.24) is 4.98 Å². The maximum atomic E-state index is 13.5. The minimum absolute atomic E-state index is 0.266. The zero-order valence-corrected chi connectivity index (χ0v) is 10.1. The number of nitrogen functional groups attached to an aromatic ring is 1. The molecule has 1 aromatic carbocycles. The molecule has 0 fully saturated rings. The van der Waals surface area contributed by atoms with Crippen LogP contribution in [-0.4, -0.2) is 16.0 Å². The number of halogens is 1. The lowest BCUT2D eigenvalue weighted by atomic mass is 10.1. The number of phenolic OH excluding ortho intramolecular Hbond substituents is 1. The van der Waals surface area contributed by atoms with Crippen molar-refractivity contribution >= 4 is 17.4 Å². The fourth-order valence-electron chi connectivity index (χ4n) is 1.63. The summed E-state index contributed by atoms with van der Waals surface area (Å²) < 4.78 is 13.5. The molecule has 6 heteroatoms. The molecule has 0 radical (unpaired) electrons. The van der Waals surface area contributed by atoms with Gasteiger partial charge in [0.15, 0.2) is 0 Å². The zero-order chi connectivity index (χ0) is 14.0. The van der Waals surface area contributed by atoms with Crippen molar-refractivity contribution in [3.63, 3.8) is 0 Å². The van der Waals surface area contributed by atoms with Crippen LogP contribution in [0.1, 0.15) is 15.9 Å². The van der Waals surface area contributed by atoms with E-state index in [2.05, 4.69) is 10.3 Å². The number of rotatable bonds is 2. The number of phenols is 1. The minimum Gasteiger partial charge on any atom is -0.507 e. The lowest BCUT2D eigenvalue weighted by Gasteiger charge is -2.09. The van der Waals surface area contributed by atoms with Gasteiger partial charge in [-0.1, -0.05) is 6.07 Å². The summed E-state index contributed by atoms with van der Waals surface area (Å²) in [5.74, 6) is -1.73. The summed E-state index contributed by atoms with van der Waals surface area (Å²) in [7, 11) is 0. The molecule has 4 N–H and O–H groups in total. The zero-order valence-electron chi connectivity index (χ0n) is 10.1. The van der Waals surface area contributed by atoms with Gasteiger partial charge in [0, 0.05) is 0 Å². The average molecular weight is 261 g/mol. The van der Waals surface area contributed by atoms with Crippen LogP contribution in [0.15, 0.2) is 30.5 Å². The van der Waals surface area contributed by atoms with Crippen molar-refractivity contribution in [2.75, 3.05) is 11.1 Å². The number of hydrogen-bond donors (Lipinski definition) is 3. The molecule has 98 valence electrons. The highest BCUT2D eigenvalue weighted by molar-refractivity contribution is 6.06. The standard InChI is InChI=1S/C13H12FN3O2/c1-7-5-8(15)6-16-12(7)17-13(19)11-9(14)3-2-4-10(11)18/h2-6,18H,15H2,1H3,(H,16,17,19). The second-order valence-electron chi connectivity index (χ2n) is 4.02. The molecule has 2 rings (SSSR count). The molecule has 5 nitrogen and oxygen atoms in total. The molecule has 2 aromatic rings. The molecule has 19 heavy (non-hydrogen) atoms. The number of nitrogens with one attached hydrogen (secondary N) is 1. The fraction of sp³-hybridized carbons (Fsp3) is 0.0769. The third-order valence-corrected chi connectivity index (χ3v) is 2.55. The molecule has 0 saturated carbocycles. The summed E-state index contributed by atoms with van der Waals surface area (Å²) in [6, 6.07) is 5.27. The van der Waals surface area contributed by atoms with Gasteiger partial charge < -0.3 is 16.2 Å². The Hall–Kier alpha value is -2.63. The summed E-state index contributed by atoms with van der Waals surface area (Å²) >= 11 is 0. The van der Waals surface area contributed by atoms with Crippen LogP contribution in [0.2, 0.25) is 0 Å². The van der Waals surface area contributed by atoms with Crippen LogP contribution < -0.4 is 11.1 Å². The summed E-state index contributed by atoms with van der Waals surface area (Å²) in [4.78, 5) is 15.9. The maximum Gasteiger partial charge on any atom is 0.263 e. The highest BCUT2D eigenvalue weighted by Crippen LogP contribution is 2.22. The largest absolute Gasteiger partial charge is 0.507 e. The molecule has 1 heterocycles. The number of aromatic nitrogens is 1. The Bertz CT molecular complexity index is 624. The predicted molar refractivity (Wildman–Crippen MR) is 69.4 cm³/mol. The van der Waals surface area contributed by atoms with Gasteiger partial charge in [0.25, 0.3) is 5.91 Å². The average Bonchev–Trinajstić information content (AvgIpc) is 2.32. The molecule has 0 atom stereocenters. The first-order valence-electron chi connectivity index (χ1n) is 5.50. The van der Waals surface area contributed by atoms with E-state index in [1.807, 2.05) is 0 Å². The van der Waals surface area contributed by atoms with Crippen molar-refractivity contribution in [2.24, 2.45) is 0 Å². The van der Waals surface area contributed by atoms with Gasteiger partial charge in [0.05, 0.1) is 11.9 Å². The highest BCUT2D eigenvalue weighted by Gasteiger charge is 2.17. The van der Waals surface area contributed by atoms with Gasteiger partial charge in [-0.25, -0.2) is 9.37 Å². The number of carbonyl (C=O) groups excluding carboxylic acids is 1. The van der Waals surface area contributed by atoms with E-state index in [1.165, 1.54) is 18.3 Å². The number of nitrogens with two attached hydrogens (primary N) is 1. The number of amides is 1. The van der Waals surface area contributed by atoms with Crippen molar-refractivity contribution in [2.45, 2.75) is 6.92 Å². The molecule has 1 aromatic heterocycles. The summed E-state index contributed by atoms with van der Waals surface area (Å²) in [5.41, 5.74) is 6.23. The molecule has 0 aliphatic rings. The highest BCUT2D eigenvalue weighted by atomic mass is 19.1. The SMILES string of the molecule is Cc1cc(N)cnc1NC(=O)c1c(O)cccc1F. The van der Waals surface area contributed by atoms with Crippen LogP contribution in [0.25, 0.3) is 0 Å². The first-order valence-corrected chi connectivity index (χ1v) is 5.50. The van der Waals surface area contributed by atoms with Crippen molar-refractivity contribution in [3.05, 3.63) is 47.4 Å². The van der Waals surface area contributed by atoms with Gasteiger partial charge in [-0.15, -0.1) is 0 Å². The number of benzene rings is 1. The normalized spacial score (nSPS) is 10.2. The predicted octanol–water partition coefficient (Wildman–Crippen LogP) is 2.07. The third kappa shape index (κ3) is 2.62. The smallest absolute Gasteiger partial charge is 0.263 e. The van der Waals surface area contributed by atoms with E-state index < -0.39 is 23.0 Å². The van der Waals surface area contributed by atoms with Crippen molar-refractivity contribution in [3.8, 4) is 5.75 Å². The van der Waals surface area contributed by atoms with E-state index in [9.17, 15) is 14.3 Å². The quantitative estimate of drug-likeness (QED) is 0.772. The lowest BCUT2D eigenvalue weighted by Crippen LogP contribution is -2.16. The van der Waals surface area contributed by atoms with E-state index in [-0.39, 0.29) is 5.82 Å². The number of nitrogens with zero attached hydrogens (tertiary/aromatic N) is 1. The van der Waals surface area contributed by atoms with Crippen LogP contribution >= 0.6 is 0 Å². The van der Waals surface area contributed by atoms with Gasteiger partial charge in [-0.3, -0.25) is 4.79 Å². The van der Waals surface area contributed by atoms with E-state index in [0.29, 0.717) is 11.3 Å². The fourth-order valence-corrected chi connectivity index (χ4v) is 1.63. The van der Waals surface area contributed by atoms with E-state index in [1.54, 1.807) is 13.0 Å². The van der Waals surface area contributed by atoms with Crippen LogP contribution in [0.5, 0.6) is 5.75 Å². The Morgan fingerprint density at radius 1 is 1.47 bits per heavy atom. The first kappa shape index (κ1) is 12.8. The Balaban J connectivity index is 2.31. The minimum atomic E-state index is -0.800. The van der Waals surface area contributed by atoms with Crippen molar-refractivity contribution in [1.29, 1.82) is 0 Å². The Labute approximate surface area is 108 Å². The molecule has 0 spiro atoms. The monoisotopic (exact) mass is 261 g/mol. The van der Waals surface area contributed by atoms with Gasteiger partial charge in [0.1, 0.15) is 22.9 Å². The summed E-state index contributed by atoms with van der Waals surface area (Å²) in [6.07, 6.45) is 1.38. The van der Waals surface area contributed by atoms with E-state index in [4.69, 9.17) is 5.73 Å². The number of aromatic hydroxyl groups is 1. The Morgan fingerprint density at radius 2 is 2.21 bits per heavy atom. The van der Waals surface area contributed by atoms with Gasteiger partial charge in [-0.2, -0.15) is 0 Å².